The van der Waals surface area contributed by atoms with E-state index in [9.17, 15) is 13.2 Å². The van der Waals surface area contributed by atoms with Gasteiger partial charge in [-0.05, 0) is 30.2 Å². The maximum absolute atomic E-state index is 12.7. The van der Waals surface area contributed by atoms with Crippen LogP contribution < -0.4 is 5.73 Å². The van der Waals surface area contributed by atoms with E-state index in [1.165, 1.54) is 10.9 Å². The first-order valence-corrected chi connectivity index (χ1v) is 6.84. The molecule has 0 fully saturated rings. The number of hydrogen-bond acceptors (Lipinski definition) is 2. The van der Waals surface area contributed by atoms with Gasteiger partial charge in [0.05, 0.1) is 6.04 Å². The number of hydrogen-bond donors (Lipinski definition) is 1. The fourth-order valence-corrected chi connectivity index (χ4v) is 2.25. The summed E-state index contributed by atoms with van der Waals surface area (Å²) in [7, 11) is 0. The third-order valence-electron chi connectivity index (χ3n) is 3.27. The first-order valence-electron chi connectivity index (χ1n) is 6.46. The van der Waals surface area contributed by atoms with Crippen molar-refractivity contribution in [1.29, 1.82) is 0 Å². The molecule has 0 bridgehead atoms. The van der Waals surface area contributed by atoms with Crippen LogP contribution in [0.4, 0.5) is 13.2 Å². The lowest BCUT2D eigenvalue weighted by molar-refractivity contribution is -0.141. The topological polar surface area (TPSA) is 43.8 Å². The highest BCUT2D eigenvalue weighted by atomic mass is 35.5. The number of aromatic nitrogens is 2. The number of alkyl halides is 3. The largest absolute Gasteiger partial charge is 0.435 e. The normalized spacial score (nSPS) is 15.0. The molecule has 0 aliphatic rings. The Bertz CT molecular complexity index is 592. The molecule has 0 spiro atoms. The van der Waals surface area contributed by atoms with Crippen molar-refractivity contribution in [3.63, 3.8) is 0 Å². The first kappa shape index (κ1) is 15.9. The van der Waals surface area contributed by atoms with Crippen molar-refractivity contribution in [2.24, 2.45) is 5.73 Å². The predicted octanol–water partition coefficient (Wildman–Crippen LogP) is 3.88. The maximum atomic E-state index is 12.7. The summed E-state index contributed by atoms with van der Waals surface area (Å²) in [5.74, 6) is 0. The van der Waals surface area contributed by atoms with Gasteiger partial charge in [-0.2, -0.15) is 18.3 Å². The Balaban J connectivity index is 2.41. The molecule has 0 aliphatic heterocycles. The van der Waals surface area contributed by atoms with Crippen LogP contribution in [-0.4, -0.2) is 15.8 Å². The lowest BCUT2D eigenvalue weighted by Crippen LogP contribution is -2.33. The third kappa shape index (κ3) is 3.57. The number of halogens is 4. The van der Waals surface area contributed by atoms with Gasteiger partial charge in [0.25, 0.3) is 0 Å². The van der Waals surface area contributed by atoms with Gasteiger partial charge >= 0.3 is 6.18 Å². The smallest absolute Gasteiger partial charge is 0.326 e. The summed E-state index contributed by atoms with van der Waals surface area (Å²) in [6, 6.07) is 6.98. The van der Waals surface area contributed by atoms with Crippen LogP contribution in [0.5, 0.6) is 0 Å². The van der Waals surface area contributed by atoms with E-state index in [1.807, 2.05) is 6.92 Å². The second-order valence-corrected chi connectivity index (χ2v) is 5.18. The number of rotatable bonds is 4. The molecule has 2 atom stereocenters. The predicted molar refractivity (Wildman–Crippen MR) is 75.1 cm³/mol. The molecule has 0 aliphatic carbocycles. The van der Waals surface area contributed by atoms with E-state index in [1.54, 1.807) is 24.3 Å². The van der Waals surface area contributed by atoms with E-state index in [4.69, 9.17) is 17.3 Å². The average Bonchev–Trinajstić information content (AvgIpc) is 2.90. The van der Waals surface area contributed by atoms with Crippen LogP contribution in [0.15, 0.2) is 36.5 Å². The monoisotopic (exact) mass is 317 g/mol. The standard InChI is InChI=1S/C14H15ClF3N3/c1-2-11(19)13(9-3-5-10(15)6-4-9)21-8-7-12(20-21)14(16,17)18/h3-8,11,13H,2,19H2,1H3. The van der Waals surface area contributed by atoms with Crippen molar-refractivity contribution in [3.8, 4) is 0 Å². The molecule has 2 N–H and O–H groups in total. The Labute approximate surface area is 125 Å². The molecule has 2 unspecified atom stereocenters. The Kier molecular flexibility index (Phi) is 4.58. The number of nitrogens with zero attached hydrogens (tertiary/aromatic N) is 2. The minimum atomic E-state index is -4.47. The minimum Gasteiger partial charge on any atom is -0.326 e. The lowest BCUT2D eigenvalue weighted by atomic mass is 9.98. The number of benzene rings is 1. The van der Waals surface area contributed by atoms with Crippen molar-refractivity contribution >= 4 is 11.6 Å². The molecule has 0 saturated heterocycles. The van der Waals surface area contributed by atoms with Crippen molar-refractivity contribution in [1.82, 2.24) is 9.78 Å². The number of nitrogens with two attached hydrogens (primary N) is 1. The van der Waals surface area contributed by atoms with Crippen LogP contribution in [-0.2, 0) is 6.18 Å². The molecule has 1 aromatic heterocycles. The molecule has 21 heavy (non-hydrogen) atoms. The van der Waals surface area contributed by atoms with E-state index in [0.29, 0.717) is 11.4 Å². The SMILES string of the molecule is CCC(N)C(c1ccc(Cl)cc1)n1ccc(C(F)(F)F)n1. The zero-order chi connectivity index (χ0) is 15.6. The Morgan fingerprint density at radius 1 is 1.24 bits per heavy atom. The van der Waals surface area contributed by atoms with Gasteiger partial charge in [0.1, 0.15) is 0 Å². The fourth-order valence-electron chi connectivity index (χ4n) is 2.12. The highest BCUT2D eigenvalue weighted by Gasteiger charge is 2.34. The van der Waals surface area contributed by atoms with Crippen molar-refractivity contribution < 1.29 is 13.2 Å². The molecule has 0 radical (unpaired) electrons. The minimum absolute atomic E-state index is 0.354. The second kappa shape index (κ2) is 6.07. The van der Waals surface area contributed by atoms with Gasteiger partial charge in [0, 0.05) is 17.3 Å². The molecule has 7 heteroatoms. The van der Waals surface area contributed by atoms with Crippen molar-refractivity contribution in [2.45, 2.75) is 31.6 Å². The van der Waals surface area contributed by atoms with E-state index in [2.05, 4.69) is 5.10 Å². The Hall–Kier alpha value is -1.53. The van der Waals surface area contributed by atoms with Crippen LogP contribution in [0, 0.1) is 0 Å². The summed E-state index contributed by atoms with van der Waals surface area (Å²) in [4.78, 5) is 0. The van der Waals surface area contributed by atoms with Crippen LogP contribution in [0.25, 0.3) is 0 Å². The van der Waals surface area contributed by atoms with E-state index >= 15 is 0 Å². The highest BCUT2D eigenvalue weighted by molar-refractivity contribution is 6.30. The molecule has 114 valence electrons. The summed E-state index contributed by atoms with van der Waals surface area (Å²) < 4.78 is 39.3. The molecule has 0 saturated carbocycles. The lowest BCUT2D eigenvalue weighted by Gasteiger charge is -2.24. The van der Waals surface area contributed by atoms with Crippen LogP contribution >= 0.6 is 11.6 Å². The quantitative estimate of drug-likeness (QED) is 0.930. The molecular weight excluding hydrogens is 303 g/mol. The summed E-state index contributed by atoms with van der Waals surface area (Å²) >= 11 is 5.84. The molecule has 3 nitrogen and oxygen atoms in total. The molecule has 2 rings (SSSR count). The Morgan fingerprint density at radius 2 is 1.86 bits per heavy atom. The van der Waals surface area contributed by atoms with Gasteiger partial charge in [-0.15, -0.1) is 0 Å². The van der Waals surface area contributed by atoms with E-state index in [-0.39, 0.29) is 6.04 Å². The van der Waals surface area contributed by atoms with E-state index < -0.39 is 17.9 Å². The zero-order valence-corrected chi connectivity index (χ0v) is 12.1. The van der Waals surface area contributed by atoms with Gasteiger partial charge in [0.15, 0.2) is 5.69 Å². The van der Waals surface area contributed by atoms with Crippen LogP contribution in [0.1, 0.15) is 30.6 Å². The summed E-state index contributed by atoms with van der Waals surface area (Å²) in [5, 5.41) is 4.18. The van der Waals surface area contributed by atoms with Gasteiger partial charge in [0.2, 0.25) is 0 Å². The van der Waals surface area contributed by atoms with Crippen LogP contribution in [0.3, 0.4) is 0 Å². The highest BCUT2D eigenvalue weighted by Crippen LogP contribution is 2.30. The fraction of sp³-hybridized carbons (Fsp3) is 0.357. The molecule has 0 amide bonds. The summed E-state index contributed by atoms with van der Waals surface area (Å²) in [6.45, 7) is 1.88. The molecular formula is C14H15ClF3N3. The Morgan fingerprint density at radius 3 is 2.33 bits per heavy atom. The van der Waals surface area contributed by atoms with Gasteiger partial charge in [-0.1, -0.05) is 30.7 Å². The summed E-state index contributed by atoms with van der Waals surface area (Å²) in [5.41, 5.74) is 5.91. The molecule has 1 aromatic carbocycles. The van der Waals surface area contributed by atoms with Gasteiger partial charge in [-0.3, -0.25) is 4.68 Å². The second-order valence-electron chi connectivity index (χ2n) is 4.75. The first-order chi connectivity index (χ1) is 9.82. The van der Waals surface area contributed by atoms with E-state index in [0.717, 1.165) is 11.6 Å². The van der Waals surface area contributed by atoms with Crippen molar-refractivity contribution in [3.05, 3.63) is 52.8 Å². The molecule has 1 heterocycles. The third-order valence-corrected chi connectivity index (χ3v) is 3.52. The van der Waals surface area contributed by atoms with Gasteiger partial charge < -0.3 is 5.73 Å². The van der Waals surface area contributed by atoms with Crippen molar-refractivity contribution in [2.75, 3.05) is 0 Å². The van der Waals surface area contributed by atoms with Gasteiger partial charge in [-0.25, -0.2) is 0 Å². The average molecular weight is 318 g/mol. The van der Waals surface area contributed by atoms with Crippen LogP contribution in [0.2, 0.25) is 5.02 Å². The maximum Gasteiger partial charge on any atom is 0.435 e. The zero-order valence-electron chi connectivity index (χ0n) is 11.3. The molecule has 2 aromatic rings. The summed E-state index contributed by atoms with van der Waals surface area (Å²) in [6.07, 6.45) is -2.56.